The van der Waals surface area contributed by atoms with E-state index in [4.69, 9.17) is 0 Å². The molecule has 3 nitrogen and oxygen atoms in total. The maximum Gasteiger partial charge on any atom is 0.195 e. The Morgan fingerprint density at radius 2 is 1.90 bits per heavy atom. The smallest absolute Gasteiger partial charge is 0.195 e. The molecule has 114 valence electrons. The summed E-state index contributed by atoms with van der Waals surface area (Å²) in [5.74, 6) is -0.322. The summed E-state index contributed by atoms with van der Waals surface area (Å²) in [6.07, 6.45) is 6.54. The van der Waals surface area contributed by atoms with Crippen molar-refractivity contribution in [3.63, 3.8) is 0 Å². The van der Waals surface area contributed by atoms with Gasteiger partial charge in [-0.15, -0.1) is 6.58 Å². The molecule has 0 aliphatic rings. The Balaban J connectivity index is 2.89. The Morgan fingerprint density at radius 3 is 2.43 bits per heavy atom. The van der Waals surface area contributed by atoms with E-state index < -0.39 is 15.1 Å². The van der Waals surface area contributed by atoms with Crippen LogP contribution in [0.15, 0.2) is 47.9 Å². The molecule has 0 heterocycles. The summed E-state index contributed by atoms with van der Waals surface area (Å²) >= 11 is 0. The monoisotopic (exact) mass is 305 g/mol. The van der Waals surface area contributed by atoms with Crippen molar-refractivity contribution in [1.29, 1.82) is 5.26 Å². The van der Waals surface area contributed by atoms with E-state index in [9.17, 15) is 13.7 Å². The first-order valence-corrected chi connectivity index (χ1v) is 8.93. The lowest BCUT2D eigenvalue weighted by atomic mass is 9.98. The first-order chi connectivity index (χ1) is 10.1. The average Bonchev–Trinajstić information content (AvgIpc) is 2.51. The molecule has 0 aliphatic heterocycles. The second-order valence-electron chi connectivity index (χ2n) is 5.16. The topological polar surface area (TPSA) is 57.9 Å². The van der Waals surface area contributed by atoms with Crippen molar-refractivity contribution in [3.05, 3.63) is 43.0 Å². The van der Waals surface area contributed by atoms with Crippen LogP contribution in [0.25, 0.3) is 0 Å². The van der Waals surface area contributed by atoms with Gasteiger partial charge >= 0.3 is 0 Å². The van der Waals surface area contributed by atoms with Crippen LogP contribution >= 0.6 is 0 Å². The molecular formula is C17H23NO2S. The molecule has 0 bridgehead atoms. The molecule has 0 saturated carbocycles. The number of nitrogens with zero attached hydrogens (tertiary/aromatic N) is 1. The molecule has 0 saturated heterocycles. The first kappa shape index (κ1) is 17.5. The summed E-state index contributed by atoms with van der Waals surface area (Å²) in [4.78, 5) is 0.206. The molecule has 1 rings (SSSR count). The van der Waals surface area contributed by atoms with E-state index in [1.54, 1.807) is 24.3 Å². The van der Waals surface area contributed by atoms with Gasteiger partial charge in [-0.2, -0.15) is 5.26 Å². The molecule has 0 amide bonds. The minimum atomic E-state index is -3.64. The Kier molecular flexibility index (Phi) is 7.18. The fourth-order valence-electron chi connectivity index (χ4n) is 2.35. The molecule has 0 fully saturated rings. The van der Waals surface area contributed by atoms with Crippen molar-refractivity contribution in [1.82, 2.24) is 0 Å². The predicted molar refractivity (Wildman–Crippen MR) is 85.5 cm³/mol. The number of unbranched alkanes of at least 4 members (excludes halogenated alkanes) is 3. The second-order valence-corrected chi connectivity index (χ2v) is 7.23. The van der Waals surface area contributed by atoms with Crippen LogP contribution < -0.4 is 0 Å². The molecule has 1 unspecified atom stereocenters. The molecule has 0 radical (unpaired) electrons. The Bertz CT molecular complexity index is 573. The van der Waals surface area contributed by atoms with Gasteiger partial charge in [-0.05, 0) is 18.6 Å². The third-order valence-corrected chi connectivity index (χ3v) is 5.67. The highest BCUT2D eigenvalue weighted by molar-refractivity contribution is 7.92. The zero-order valence-electron chi connectivity index (χ0n) is 12.5. The van der Waals surface area contributed by atoms with Crippen molar-refractivity contribution < 1.29 is 8.42 Å². The maximum atomic E-state index is 12.6. The van der Waals surface area contributed by atoms with E-state index >= 15 is 0 Å². The molecule has 0 aliphatic carbocycles. The summed E-state index contributed by atoms with van der Waals surface area (Å²) in [5, 5.41) is 8.29. The van der Waals surface area contributed by atoms with Gasteiger partial charge in [0.2, 0.25) is 0 Å². The summed E-state index contributed by atoms with van der Waals surface area (Å²) in [6.45, 7) is 5.85. The van der Waals surface area contributed by atoms with Crippen LogP contribution in [0.2, 0.25) is 0 Å². The Hall–Kier alpha value is -1.60. The standard InChI is InChI=1S/C17H23NO2S/c1-3-5-6-8-11-15(4-2)17(14-18)21(19,20)16-12-9-7-10-13-16/h4,7,9-10,12-13,15,17H,2-3,5-6,8,11H2,1H3/t15-,17?/m0/s1. The molecule has 0 aromatic heterocycles. The van der Waals surface area contributed by atoms with Crippen LogP contribution in [0, 0.1) is 17.2 Å². The van der Waals surface area contributed by atoms with Crippen LogP contribution in [-0.2, 0) is 9.84 Å². The van der Waals surface area contributed by atoms with Gasteiger partial charge in [0.15, 0.2) is 15.1 Å². The third kappa shape index (κ3) is 4.71. The van der Waals surface area contributed by atoms with E-state index in [0.717, 1.165) is 25.7 Å². The van der Waals surface area contributed by atoms with Crippen molar-refractivity contribution in [3.8, 4) is 6.07 Å². The minimum Gasteiger partial charge on any atom is -0.222 e. The lowest BCUT2D eigenvalue weighted by molar-refractivity contribution is 0.518. The van der Waals surface area contributed by atoms with E-state index in [2.05, 4.69) is 13.5 Å². The Labute approximate surface area is 128 Å². The first-order valence-electron chi connectivity index (χ1n) is 7.39. The Morgan fingerprint density at radius 1 is 1.24 bits per heavy atom. The van der Waals surface area contributed by atoms with E-state index in [-0.39, 0.29) is 10.8 Å². The number of sulfone groups is 1. The summed E-state index contributed by atoms with van der Waals surface area (Å²) in [7, 11) is -3.64. The highest BCUT2D eigenvalue weighted by Crippen LogP contribution is 2.26. The number of nitriles is 1. The predicted octanol–water partition coefficient (Wildman–Crippen LogP) is 4.13. The highest BCUT2D eigenvalue weighted by atomic mass is 32.2. The van der Waals surface area contributed by atoms with E-state index in [1.807, 2.05) is 6.07 Å². The largest absolute Gasteiger partial charge is 0.222 e. The van der Waals surface area contributed by atoms with Crippen molar-refractivity contribution in [2.45, 2.75) is 49.2 Å². The maximum absolute atomic E-state index is 12.6. The molecule has 2 atom stereocenters. The van der Waals surface area contributed by atoms with E-state index in [1.165, 1.54) is 12.1 Å². The van der Waals surface area contributed by atoms with Gasteiger partial charge in [0.25, 0.3) is 0 Å². The lowest BCUT2D eigenvalue weighted by Crippen LogP contribution is -2.27. The zero-order chi connectivity index (χ0) is 15.7. The van der Waals surface area contributed by atoms with E-state index in [0.29, 0.717) is 6.42 Å². The van der Waals surface area contributed by atoms with Gasteiger partial charge in [0.05, 0.1) is 11.0 Å². The second kappa shape index (κ2) is 8.63. The number of benzene rings is 1. The minimum absolute atomic E-state index is 0.206. The lowest BCUT2D eigenvalue weighted by Gasteiger charge is -2.19. The fourth-order valence-corrected chi connectivity index (χ4v) is 4.03. The van der Waals surface area contributed by atoms with Gasteiger partial charge in [0, 0.05) is 5.92 Å². The molecule has 0 N–H and O–H groups in total. The van der Waals surface area contributed by atoms with Crippen LogP contribution in [0.1, 0.15) is 39.0 Å². The van der Waals surface area contributed by atoms with Crippen molar-refractivity contribution in [2.24, 2.45) is 5.92 Å². The van der Waals surface area contributed by atoms with Gasteiger partial charge in [-0.3, -0.25) is 0 Å². The highest BCUT2D eigenvalue weighted by Gasteiger charge is 2.32. The number of hydrogen-bond acceptors (Lipinski definition) is 3. The summed E-state index contributed by atoms with van der Waals surface area (Å²) < 4.78 is 25.2. The molecule has 1 aromatic rings. The van der Waals surface area contributed by atoms with Gasteiger partial charge in [0.1, 0.15) is 0 Å². The quantitative estimate of drug-likeness (QED) is 0.509. The van der Waals surface area contributed by atoms with Gasteiger partial charge < -0.3 is 0 Å². The SMILES string of the molecule is C=C[C@@H](CCCCCC)C(C#N)S(=O)(=O)c1ccccc1. The van der Waals surface area contributed by atoms with Crippen LogP contribution in [0.5, 0.6) is 0 Å². The number of hydrogen-bond donors (Lipinski definition) is 0. The molecule has 21 heavy (non-hydrogen) atoms. The number of allylic oxidation sites excluding steroid dienone is 1. The molecule has 4 heteroatoms. The summed E-state index contributed by atoms with van der Waals surface area (Å²) in [5.41, 5.74) is 0. The molecular weight excluding hydrogens is 282 g/mol. The van der Waals surface area contributed by atoms with Crippen LogP contribution in [-0.4, -0.2) is 13.7 Å². The van der Waals surface area contributed by atoms with Crippen LogP contribution in [0.3, 0.4) is 0 Å². The summed E-state index contributed by atoms with van der Waals surface area (Å²) in [6, 6.07) is 10.2. The zero-order valence-corrected chi connectivity index (χ0v) is 13.3. The van der Waals surface area contributed by atoms with Gasteiger partial charge in [-0.1, -0.05) is 56.9 Å². The average molecular weight is 305 g/mol. The van der Waals surface area contributed by atoms with Crippen molar-refractivity contribution >= 4 is 9.84 Å². The van der Waals surface area contributed by atoms with Crippen LogP contribution in [0.4, 0.5) is 0 Å². The van der Waals surface area contributed by atoms with Crippen molar-refractivity contribution in [2.75, 3.05) is 0 Å². The molecule has 1 aromatic carbocycles. The number of rotatable bonds is 9. The van der Waals surface area contributed by atoms with Gasteiger partial charge in [-0.25, -0.2) is 8.42 Å². The third-order valence-electron chi connectivity index (χ3n) is 3.62. The molecule has 0 spiro atoms. The normalized spacial score (nSPS) is 14.1. The fraction of sp³-hybridized carbons (Fsp3) is 0.471.